The molecule has 1 aliphatic rings. The Morgan fingerprint density at radius 2 is 2.22 bits per heavy atom. The topological polar surface area (TPSA) is 97.0 Å². The predicted molar refractivity (Wildman–Crippen MR) is 82.7 cm³/mol. The van der Waals surface area contributed by atoms with Crippen LogP contribution in [0.15, 0.2) is 10.7 Å². The summed E-state index contributed by atoms with van der Waals surface area (Å²) < 4.78 is 4.67. The number of carbonyl (C=O) groups excluding carboxylic acids is 1. The van der Waals surface area contributed by atoms with Gasteiger partial charge < -0.3 is 10.2 Å². The zero-order valence-electron chi connectivity index (χ0n) is 13.5. The number of anilines is 1. The number of aromatic nitrogens is 4. The average molecular weight is 316 g/mol. The first kappa shape index (κ1) is 15.4. The lowest BCUT2D eigenvalue weighted by atomic mass is 10.1. The van der Waals surface area contributed by atoms with E-state index in [-0.39, 0.29) is 18.4 Å². The summed E-state index contributed by atoms with van der Waals surface area (Å²) in [7, 11) is 1.82. The number of carbonyl (C=O) groups is 1. The quantitative estimate of drug-likeness (QED) is 0.911. The van der Waals surface area contributed by atoms with Gasteiger partial charge in [-0.2, -0.15) is 0 Å². The van der Waals surface area contributed by atoms with Crippen LogP contribution in [0, 0.1) is 13.8 Å². The fourth-order valence-corrected chi connectivity index (χ4v) is 2.92. The number of hydrogen-bond acceptors (Lipinski definition) is 7. The molecule has 1 amide bonds. The smallest absolute Gasteiger partial charge is 0.229 e. The van der Waals surface area contributed by atoms with Crippen molar-refractivity contribution in [3.8, 4) is 0 Å². The van der Waals surface area contributed by atoms with Gasteiger partial charge >= 0.3 is 0 Å². The molecular weight excluding hydrogens is 296 g/mol. The van der Waals surface area contributed by atoms with Gasteiger partial charge in [-0.15, -0.1) is 0 Å². The first-order valence-electron chi connectivity index (χ1n) is 7.69. The molecule has 1 N–H and O–H groups in total. The number of amides is 1. The van der Waals surface area contributed by atoms with Crippen LogP contribution in [0.1, 0.15) is 41.8 Å². The molecular formula is C15H20N6O2. The summed E-state index contributed by atoms with van der Waals surface area (Å²) in [5, 5.41) is 10.6. The van der Waals surface area contributed by atoms with Gasteiger partial charge in [0, 0.05) is 19.7 Å². The summed E-state index contributed by atoms with van der Waals surface area (Å²) in [6.07, 6.45) is 2.07. The Balaban J connectivity index is 1.81. The number of rotatable bonds is 4. The van der Waals surface area contributed by atoms with Crippen LogP contribution in [0.25, 0.3) is 0 Å². The van der Waals surface area contributed by atoms with Crippen LogP contribution >= 0.6 is 0 Å². The van der Waals surface area contributed by atoms with Crippen LogP contribution in [0.3, 0.4) is 0 Å². The molecule has 0 saturated carbocycles. The van der Waals surface area contributed by atoms with E-state index in [9.17, 15) is 4.79 Å². The zero-order valence-corrected chi connectivity index (χ0v) is 13.5. The molecule has 0 aliphatic carbocycles. The molecule has 1 aliphatic heterocycles. The highest BCUT2D eigenvalue weighted by molar-refractivity contribution is 5.79. The Bertz CT molecular complexity index is 714. The minimum atomic E-state index is -0.0172. The van der Waals surface area contributed by atoms with Crippen molar-refractivity contribution in [3.05, 3.63) is 29.0 Å². The molecule has 1 atom stereocenters. The first-order chi connectivity index (χ1) is 11.1. The summed E-state index contributed by atoms with van der Waals surface area (Å²) in [4.78, 5) is 23.3. The number of nitrogens with zero attached hydrogens (tertiary/aromatic N) is 5. The second-order valence-electron chi connectivity index (χ2n) is 5.69. The summed E-state index contributed by atoms with van der Waals surface area (Å²) in [5.74, 6) is 1.49. The van der Waals surface area contributed by atoms with Crippen LogP contribution in [-0.2, 0) is 11.2 Å². The standard InChI is InChI=1S/C15H20N6O2/c1-9-11(20-23-19-9)8-15(22)21-6-4-5-13(21)12-7-14(16-3)18-10(2)17-12/h7,13H,4-6,8H2,1-3H3,(H,16,17,18)/t13-/m1/s1. The fraction of sp³-hybridized carbons (Fsp3) is 0.533. The van der Waals surface area contributed by atoms with Gasteiger partial charge in [-0.05, 0) is 26.7 Å². The molecule has 0 spiro atoms. The van der Waals surface area contributed by atoms with E-state index in [0.717, 1.165) is 30.9 Å². The van der Waals surface area contributed by atoms with Gasteiger partial charge in [-0.1, -0.05) is 10.3 Å². The number of hydrogen-bond donors (Lipinski definition) is 1. The third-order valence-electron chi connectivity index (χ3n) is 4.09. The average Bonchev–Trinajstić information content (AvgIpc) is 3.16. The predicted octanol–water partition coefficient (Wildman–Crippen LogP) is 1.42. The summed E-state index contributed by atoms with van der Waals surface area (Å²) in [6, 6.07) is 1.89. The molecule has 3 heterocycles. The lowest BCUT2D eigenvalue weighted by Crippen LogP contribution is -2.32. The van der Waals surface area contributed by atoms with Crippen LogP contribution in [0.5, 0.6) is 0 Å². The number of aryl methyl sites for hydroxylation is 2. The maximum absolute atomic E-state index is 12.6. The Labute approximate surface area is 134 Å². The fourth-order valence-electron chi connectivity index (χ4n) is 2.92. The van der Waals surface area contributed by atoms with Crippen molar-refractivity contribution < 1.29 is 9.42 Å². The molecule has 122 valence electrons. The van der Waals surface area contributed by atoms with E-state index in [2.05, 4.69) is 30.2 Å². The second kappa shape index (κ2) is 6.31. The highest BCUT2D eigenvalue weighted by atomic mass is 16.6. The van der Waals surface area contributed by atoms with E-state index in [0.29, 0.717) is 17.2 Å². The molecule has 0 bridgehead atoms. The van der Waals surface area contributed by atoms with Crippen molar-refractivity contribution in [1.29, 1.82) is 0 Å². The second-order valence-corrected chi connectivity index (χ2v) is 5.69. The molecule has 0 unspecified atom stereocenters. The molecule has 0 aromatic carbocycles. The molecule has 1 saturated heterocycles. The van der Waals surface area contributed by atoms with Crippen LogP contribution < -0.4 is 5.32 Å². The molecule has 0 radical (unpaired) electrons. The maximum Gasteiger partial charge on any atom is 0.229 e. The van der Waals surface area contributed by atoms with Crippen molar-refractivity contribution in [3.63, 3.8) is 0 Å². The van der Waals surface area contributed by atoms with Crippen LogP contribution in [0.2, 0.25) is 0 Å². The van der Waals surface area contributed by atoms with Gasteiger partial charge in [0.25, 0.3) is 0 Å². The summed E-state index contributed by atoms with van der Waals surface area (Å²) >= 11 is 0. The third-order valence-corrected chi connectivity index (χ3v) is 4.09. The molecule has 2 aromatic rings. The van der Waals surface area contributed by atoms with Crippen molar-refractivity contribution in [1.82, 2.24) is 25.2 Å². The summed E-state index contributed by atoms with van der Waals surface area (Å²) in [6.45, 7) is 4.37. The van der Waals surface area contributed by atoms with E-state index in [1.54, 1.807) is 6.92 Å². The summed E-state index contributed by atoms with van der Waals surface area (Å²) in [5.41, 5.74) is 2.13. The molecule has 1 fully saturated rings. The van der Waals surface area contributed by atoms with Crippen LogP contribution in [-0.4, -0.2) is 44.7 Å². The lowest BCUT2D eigenvalue weighted by Gasteiger charge is -2.24. The van der Waals surface area contributed by atoms with Gasteiger partial charge in [-0.25, -0.2) is 14.6 Å². The lowest BCUT2D eigenvalue weighted by molar-refractivity contribution is -0.131. The minimum Gasteiger partial charge on any atom is -0.373 e. The molecule has 8 nitrogen and oxygen atoms in total. The third kappa shape index (κ3) is 3.15. The van der Waals surface area contributed by atoms with Gasteiger partial charge in [0.1, 0.15) is 23.0 Å². The minimum absolute atomic E-state index is 0.0172. The molecule has 3 rings (SSSR count). The molecule has 23 heavy (non-hydrogen) atoms. The highest BCUT2D eigenvalue weighted by Gasteiger charge is 2.32. The van der Waals surface area contributed by atoms with Crippen molar-refractivity contribution in [2.45, 2.75) is 39.2 Å². The molecule has 8 heteroatoms. The molecule has 2 aromatic heterocycles. The Morgan fingerprint density at radius 3 is 2.91 bits per heavy atom. The monoisotopic (exact) mass is 316 g/mol. The largest absolute Gasteiger partial charge is 0.373 e. The number of likely N-dealkylation sites (tertiary alicyclic amines) is 1. The first-order valence-corrected chi connectivity index (χ1v) is 7.69. The normalized spacial score (nSPS) is 17.5. The SMILES string of the molecule is CNc1cc([C@H]2CCCN2C(=O)Cc2nonc2C)nc(C)n1. The van der Waals surface area contributed by atoms with E-state index < -0.39 is 0 Å². The van der Waals surface area contributed by atoms with Crippen molar-refractivity contribution in [2.75, 3.05) is 18.9 Å². The maximum atomic E-state index is 12.6. The Kier molecular flexibility index (Phi) is 4.22. The van der Waals surface area contributed by atoms with Gasteiger partial charge in [-0.3, -0.25) is 4.79 Å². The zero-order chi connectivity index (χ0) is 16.4. The van der Waals surface area contributed by atoms with E-state index in [4.69, 9.17) is 0 Å². The van der Waals surface area contributed by atoms with E-state index in [1.165, 1.54) is 0 Å². The van der Waals surface area contributed by atoms with Gasteiger partial charge in [0.05, 0.1) is 18.2 Å². The Morgan fingerprint density at radius 1 is 1.39 bits per heavy atom. The van der Waals surface area contributed by atoms with Crippen molar-refractivity contribution >= 4 is 11.7 Å². The van der Waals surface area contributed by atoms with Crippen LogP contribution in [0.4, 0.5) is 5.82 Å². The number of nitrogens with one attached hydrogen (secondary N) is 1. The van der Waals surface area contributed by atoms with E-state index >= 15 is 0 Å². The van der Waals surface area contributed by atoms with Gasteiger partial charge in [0.2, 0.25) is 5.91 Å². The highest BCUT2D eigenvalue weighted by Crippen LogP contribution is 2.32. The Hall–Kier alpha value is -2.51. The van der Waals surface area contributed by atoms with Crippen molar-refractivity contribution in [2.24, 2.45) is 0 Å². The van der Waals surface area contributed by atoms with Gasteiger partial charge in [0.15, 0.2) is 0 Å². The van der Waals surface area contributed by atoms with E-state index in [1.807, 2.05) is 24.9 Å².